The molecule has 108 valence electrons. The molecule has 1 N–H and O–H groups in total. The summed E-state index contributed by atoms with van der Waals surface area (Å²) in [7, 11) is 0. The molecule has 0 unspecified atom stereocenters. The summed E-state index contributed by atoms with van der Waals surface area (Å²) < 4.78 is 14.0. The Labute approximate surface area is 125 Å². The fourth-order valence-electron chi connectivity index (χ4n) is 2.19. The predicted molar refractivity (Wildman–Crippen MR) is 76.9 cm³/mol. The van der Waals surface area contributed by atoms with Crippen LogP contribution in [0.15, 0.2) is 22.7 Å². The maximum atomic E-state index is 13.7. The number of hydrogen-bond acceptors (Lipinski definition) is 2. The van der Waals surface area contributed by atoms with E-state index in [4.69, 9.17) is 0 Å². The van der Waals surface area contributed by atoms with E-state index >= 15 is 0 Å². The second-order valence-corrected chi connectivity index (χ2v) is 5.55. The van der Waals surface area contributed by atoms with E-state index in [1.807, 2.05) is 0 Å². The molecule has 0 atom stereocenters. The minimum absolute atomic E-state index is 0.0247. The summed E-state index contributed by atoms with van der Waals surface area (Å²) in [6.45, 7) is 1.86. The number of halogens is 2. The standard InChI is InChI=1S/C14H16BrFN2O2/c15-11-5-1-4-10(13(11)16)14(20)17-7-3-9-18-8-2-6-12(18)19/h1,4-5H,2-3,6-9H2,(H,17,20). The van der Waals surface area contributed by atoms with Crippen LogP contribution >= 0.6 is 15.9 Å². The van der Waals surface area contributed by atoms with Crippen LogP contribution in [0.4, 0.5) is 4.39 Å². The van der Waals surface area contributed by atoms with Gasteiger partial charge in [-0.2, -0.15) is 0 Å². The molecule has 0 aromatic heterocycles. The Morgan fingerprint density at radius 1 is 1.45 bits per heavy atom. The van der Waals surface area contributed by atoms with E-state index in [1.165, 1.54) is 6.07 Å². The summed E-state index contributed by atoms with van der Waals surface area (Å²) in [6.07, 6.45) is 2.21. The number of nitrogens with zero attached hydrogens (tertiary/aromatic N) is 1. The van der Waals surface area contributed by atoms with Gasteiger partial charge in [0.15, 0.2) is 0 Å². The molecule has 1 fully saturated rings. The fourth-order valence-corrected chi connectivity index (χ4v) is 2.55. The van der Waals surface area contributed by atoms with Gasteiger partial charge in [0.2, 0.25) is 5.91 Å². The van der Waals surface area contributed by atoms with Gasteiger partial charge >= 0.3 is 0 Å². The van der Waals surface area contributed by atoms with E-state index in [1.54, 1.807) is 17.0 Å². The van der Waals surface area contributed by atoms with E-state index in [0.29, 0.717) is 25.9 Å². The number of nitrogens with one attached hydrogen (secondary N) is 1. The van der Waals surface area contributed by atoms with Crippen molar-refractivity contribution in [2.24, 2.45) is 0 Å². The third-order valence-corrected chi connectivity index (χ3v) is 3.87. The number of carbonyl (C=O) groups is 2. The lowest BCUT2D eigenvalue weighted by atomic mass is 10.2. The molecule has 0 aliphatic carbocycles. The van der Waals surface area contributed by atoms with Crippen molar-refractivity contribution in [3.8, 4) is 0 Å². The highest BCUT2D eigenvalue weighted by atomic mass is 79.9. The number of likely N-dealkylation sites (tertiary alicyclic amines) is 1. The molecule has 1 aliphatic heterocycles. The van der Waals surface area contributed by atoms with Crippen LogP contribution < -0.4 is 5.32 Å². The van der Waals surface area contributed by atoms with Crippen LogP contribution in [0.2, 0.25) is 0 Å². The van der Waals surface area contributed by atoms with E-state index in [9.17, 15) is 14.0 Å². The summed E-state index contributed by atoms with van der Waals surface area (Å²) in [5.41, 5.74) is 0.0247. The Bertz CT molecular complexity index is 522. The fraction of sp³-hybridized carbons (Fsp3) is 0.429. The monoisotopic (exact) mass is 342 g/mol. The van der Waals surface area contributed by atoms with Crippen LogP contribution in [0.3, 0.4) is 0 Å². The molecule has 4 nitrogen and oxygen atoms in total. The molecule has 0 spiro atoms. The molecule has 2 amide bonds. The average molecular weight is 343 g/mol. The van der Waals surface area contributed by atoms with Gasteiger partial charge in [-0.3, -0.25) is 9.59 Å². The lowest BCUT2D eigenvalue weighted by Gasteiger charge is -2.15. The van der Waals surface area contributed by atoms with Crippen LogP contribution in [0.5, 0.6) is 0 Å². The Balaban J connectivity index is 1.78. The van der Waals surface area contributed by atoms with Crippen molar-refractivity contribution < 1.29 is 14.0 Å². The molecular formula is C14H16BrFN2O2. The Morgan fingerprint density at radius 2 is 2.25 bits per heavy atom. The first-order valence-corrected chi connectivity index (χ1v) is 7.39. The van der Waals surface area contributed by atoms with E-state index in [0.717, 1.165) is 13.0 Å². The van der Waals surface area contributed by atoms with Crippen LogP contribution in [0, 0.1) is 5.82 Å². The third-order valence-electron chi connectivity index (χ3n) is 3.26. The van der Waals surface area contributed by atoms with Gasteiger partial charge in [-0.15, -0.1) is 0 Å². The van der Waals surface area contributed by atoms with Gasteiger partial charge in [-0.1, -0.05) is 6.07 Å². The smallest absolute Gasteiger partial charge is 0.254 e. The maximum Gasteiger partial charge on any atom is 0.254 e. The molecule has 1 aromatic rings. The number of amides is 2. The lowest BCUT2D eigenvalue weighted by molar-refractivity contribution is -0.127. The van der Waals surface area contributed by atoms with Crippen molar-refractivity contribution >= 4 is 27.7 Å². The molecule has 6 heteroatoms. The molecule has 20 heavy (non-hydrogen) atoms. The topological polar surface area (TPSA) is 49.4 Å². The van der Waals surface area contributed by atoms with Gasteiger partial charge in [0.05, 0.1) is 10.0 Å². The summed E-state index contributed by atoms with van der Waals surface area (Å²) in [6, 6.07) is 4.61. The van der Waals surface area contributed by atoms with Crippen molar-refractivity contribution in [2.45, 2.75) is 19.3 Å². The minimum atomic E-state index is -0.556. The van der Waals surface area contributed by atoms with Crippen LogP contribution in [0.1, 0.15) is 29.6 Å². The van der Waals surface area contributed by atoms with Crippen LogP contribution in [-0.2, 0) is 4.79 Å². The predicted octanol–water partition coefficient (Wildman–Crippen LogP) is 2.33. The SMILES string of the molecule is O=C(NCCCN1CCCC1=O)c1cccc(Br)c1F. The number of benzene rings is 1. The number of rotatable bonds is 5. The summed E-state index contributed by atoms with van der Waals surface area (Å²) in [4.78, 5) is 25.0. The first-order valence-electron chi connectivity index (χ1n) is 6.59. The van der Waals surface area contributed by atoms with Crippen molar-refractivity contribution in [3.63, 3.8) is 0 Å². The highest BCUT2D eigenvalue weighted by Gasteiger charge is 2.19. The van der Waals surface area contributed by atoms with Gasteiger partial charge in [0, 0.05) is 26.1 Å². The largest absolute Gasteiger partial charge is 0.352 e. The Hall–Kier alpha value is -1.43. The minimum Gasteiger partial charge on any atom is -0.352 e. The third kappa shape index (κ3) is 3.56. The first kappa shape index (κ1) is 15.0. The quantitative estimate of drug-likeness (QED) is 0.835. The van der Waals surface area contributed by atoms with Crippen molar-refractivity contribution in [2.75, 3.05) is 19.6 Å². The zero-order valence-corrected chi connectivity index (χ0v) is 12.6. The van der Waals surface area contributed by atoms with Gasteiger partial charge in [0.25, 0.3) is 5.91 Å². The van der Waals surface area contributed by atoms with Crippen molar-refractivity contribution in [1.29, 1.82) is 0 Å². The Morgan fingerprint density at radius 3 is 2.95 bits per heavy atom. The average Bonchev–Trinajstić information content (AvgIpc) is 2.83. The summed E-state index contributed by atoms with van der Waals surface area (Å²) in [5, 5.41) is 2.67. The molecule has 1 aliphatic rings. The number of hydrogen-bond donors (Lipinski definition) is 1. The van der Waals surface area contributed by atoms with Gasteiger partial charge in [0.1, 0.15) is 5.82 Å². The highest BCUT2D eigenvalue weighted by Crippen LogP contribution is 2.18. The molecule has 1 saturated heterocycles. The van der Waals surface area contributed by atoms with Gasteiger partial charge in [-0.25, -0.2) is 4.39 Å². The lowest BCUT2D eigenvalue weighted by Crippen LogP contribution is -2.31. The van der Waals surface area contributed by atoms with Crippen LogP contribution in [0.25, 0.3) is 0 Å². The van der Waals surface area contributed by atoms with Crippen molar-refractivity contribution in [1.82, 2.24) is 10.2 Å². The van der Waals surface area contributed by atoms with Gasteiger partial charge < -0.3 is 10.2 Å². The van der Waals surface area contributed by atoms with Crippen LogP contribution in [-0.4, -0.2) is 36.3 Å². The second-order valence-electron chi connectivity index (χ2n) is 4.70. The molecule has 1 heterocycles. The van der Waals surface area contributed by atoms with E-state index < -0.39 is 11.7 Å². The number of carbonyl (C=O) groups excluding carboxylic acids is 2. The molecule has 0 saturated carbocycles. The summed E-state index contributed by atoms with van der Waals surface area (Å²) >= 11 is 3.05. The van der Waals surface area contributed by atoms with Gasteiger partial charge in [-0.05, 0) is 40.9 Å². The van der Waals surface area contributed by atoms with E-state index in [-0.39, 0.29) is 15.9 Å². The zero-order chi connectivity index (χ0) is 14.5. The molecule has 1 aromatic carbocycles. The molecule has 0 radical (unpaired) electrons. The zero-order valence-electron chi connectivity index (χ0n) is 11.0. The van der Waals surface area contributed by atoms with Crippen molar-refractivity contribution in [3.05, 3.63) is 34.1 Å². The molecule has 0 bridgehead atoms. The maximum absolute atomic E-state index is 13.7. The normalized spacial score (nSPS) is 14.7. The first-order chi connectivity index (χ1) is 9.59. The molecule has 2 rings (SSSR count). The summed E-state index contributed by atoms with van der Waals surface area (Å²) in [5.74, 6) is -0.814. The van der Waals surface area contributed by atoms with E-state index in [2.05, 4.69) is 21.2 Å². The second kappa shape index (κ2) is 6.83. The Kier molecular flexibility index (Phi) is 5.11. The molecular weight excluding hydrogens is 327 g/mol. The highest BCUT2D eigenvalue weighted by molar-refractivity contribution is 9.10.